The molecule has 5 amide bonds. The number of aromatic nitrogens is 1. The predicted octanol–water partition coefficient (Wildman–Crippen LogP) is 13.2. The van der Waals surface area contributed by atoms with E-state index in [1.165, 1.54) is 23.1 Å². The second kappa shape index (κ2) is 25.1. The lowest BCUT2D eigenvalue weighted by molar-refractivity contribution is -0.130. The van der Waals surface area contributed by atoms with Gasteiger partial charge in [0.15, 0.2) is 5.13 Å². The molecule has 19 heteroatoms. The number of aliphatic imine (C=N–C) groups is 1. The molecule has 0 unspecified atom stereocenters. The first-order chi connectivity index (χ1) is 40.2. The Balaban J connectivity index is 0.758. The molecule has 3 fully saturated rings. The number of aryl methyl sites for hydroxylation is 1. The molecule has 0 spiro atoms. The minimum absolute atomic E-state index is 0.00353. The van der Waals surface area contributed by atoms with Gasteiger partial charge in [-0.3, -0.25) is 34.5 Å². The van der Waals surface area contributed by atoms with Gasteiger partial charge in [0.25, 0.3) is 11.8 Å². The van der Waals surface area contributed by atoms with Gasteiger partial charge in [0.05, 0.1) is 41.4 Å². The van der Waals surface area contributed by atoms with Crippen molar-refractivity contribution in [1.82, 2.24) is 29.5 Å². The fourth-order valence-corrected chi connectivity index (χ4v) is 14.2. The highest BCUT2D eigenvalue weighted by molar-refractivity contribution is 8.01. The first kappa shape index (κ1) is 60.5. The quantitative estimate of drug-likeness (QED) is 0.112. The average Bonchev–Trinajstić information content (AvgIpc) is 1.60. The molecule has 1 saturated carbocycles. The maximum Gasteiger partial charge on any atom is 0.326 e. The second-order valence-electron chi connectivity index (χ2n) is 23.4. The number of nitrogens with one attached hydrogen (secondary N) is 1. The van der Waals surface area contributed by atoms with Crippen LogP contribution in [0.15, 0.2) is 123 Å². The van der Waals surface area contributed by atoms with Crippen molar-refractivity contribution in [2.24, 2.45) is 4.99 Å². The number of benzene rings is 5. The van der Waals surface area contributed by atoms with Gasteiger partial charge in [-0.1, -0.05) is 97.4 Å². The number of ether oxygens (including phenoxy) is 3. The first-order valence-electron chi connectivity index (χ1n) is 28.9. The van der Waals surface area contributed by atoms with E-state index in [0.717, 1.165) is 75.7 Å². The van der Waals surface area contributed by atoms with Gasteiger partial charge >= 0.3 is 6.03 Å². The first-order valence-corrected chi connectivity index (χ1v) is 31.2. The SMILES string of the molecule is CCOc1cc(C(C)(C)C)ccc1C1=N[C@@](C)(c2ccc(Cl)cc2)[C@@](C)(c2ccc(Cl)cc2)N1C(=O)N1CCN(C2CCC(Oc3ccc(C(=O)Nc4ncc(Sc5cc(C(=O)N6CCN(C(C)=O)CC6)c(OC)cc5C)s4)cc3)CC2)CC1. The number of carbonyl (C=O) groups is 4. The Morgan fingerprint density at radius 3 is 1.99 bits per heavy atom. The molecule has 2 atom stereocenters. The maximum absolute atomic E-state index is 15.7. The topological polar surface area (TPSA) is 149 Å². The summed E-state index contributed by atoms with van der Waals surface area (Å²) in [6.45, 7) is 21.1. The summed E-state index contributed by atoms with van der Waals surface area (Å²) in [4.78, 5) is 75.7. The molecule has 6 aromatic rings. The van der Waals surface area contributed by atoms with Crippen molar-refractivity contribution in [3.8, 4) is 17.2 Å². The molecule has 1 N–H and O–H groups in total. The molecule has 0 bridgehead atoms. The lowest BCUT2D eigenvalue weighted by atomic mass is 9.71. The second-order valence-corrected chi connectivity index (χ2v) is 26.6. The summed E-state index contributed by atoms with van der Waals surface area (Å²) in [6.07, 6.45) is 5.45. The Labute approximate surface area is 511 Å². The Morgan fingerprint density at radius 2 is 1.38 bits per heavy atom. The van der Waals surface area contributed by atoms with Crippen LogP contribution >= 0.6 is 46.3 Å². The number of methoxy groups -OCH3 is 1. The highest BCUT2D eigenvalue weighted by Crippen LogP contribution is 2.54. The minimum atomic E-state index is -1.02. The lowest BCUT2D eigenvalue weighted by Gasteiger charge is -2.48. The number of anilines is 1. The summed E-state index contributed by atoms with van der Waals surface area (Å²) in [7, 11) is 1.55. The highest BCUT2D eigenvalue weighted by atomic mass is 35.5. The molecular weight excluding hydrogens is 1140 g/mol. The molecule has 1 aliphatic carbocycles. The summed E-state index contributed by atoms with van der Waals surface area (Å²) in [6, 6.07) is 33.0. The monoisotopic (exact) mass is 1210 g/mol. The number of rotatable bonds is 14. The van der Waals surface area contributed by atoms with E-state index in [1.54, 1.807) is 42.2 Å². The molecule has 2 saturated heterocycles. The number of urea groups is 1. The molecule has 84 heavy (non-hydrogen) atoms. The lowest BCUT2D eigenvalue weighted by Crippen LogP contribution is -2.61. The van der Waals surface area contributed by atoms with E-state index in [9.17, 15) is 14.4 Å². The fraction of sp³-hybridized carbons (Fsp3) is 0.415. The average molecular weight is 1210 g/mol. The molecule has 10 rings (SSSR count). The van der Waals surface area contributed by atoms with E-state index in [2.05, 4.69) is 68.0 Å². The molecule has 442 valence electrons. The van der Waals surface area contributed by atoms with E-state index in [1.807, 2.05) is 96.4 Å². The Morgan fingerprint density at radius 1 is 0.762 bits per heavy atom. The van der Waals surface area contributed by atoms with Gasteiger partial charge in [-0.25, -0.2) is 9.78 Å². The summed E-state index contributed by atoms with van der Waals surface area (Å²) >= 11 is 15.9. The van der Waals surface area contributed by atoms with E-state index in [-0.39, 0.29) is 35.3 Å². The minimum Gasteiger partial charge on any atom is -0.496 e. The van der Waals surface area contributed by atoms with Crippen molar-refractivity contribution in [2.45, 2.75) is 119 Å². The zero-order chi connectivity index (χ0) is 59.7. The third-order valence-electron chi connectivity index (χ3n) is 17.1. The number of thiazole rings is 1. The van der Waals surface area contributed by atoms with Crippen LogP contribution in [0.1, 0.15) is 123 Å². The number of amides is 5. The summed E-state index contributed by atoms with van der Waals surface area (Å²) < 4.78 is 19.4. The van der Waals surface area contributed by atoms with Crippen LogP contribution in [0.2, 0.25) is 10.0 Å². The van der Waals surface area contributed by atoms with Gasteiger partial charge in [0.2, 0.25) is 5.91 Å². The van der Waals surface area contributed by atoms with Crippen LogP contribution in [0.25, 0.3) is 0 Å². The molecule has 1 aromatic heterocycles. The maximum atomic E-state index is 15.7. The predicted molar refractivity (Wildman–Crippen MR) is 334 cm³/mol. The number of hydrogen-bond donors (Lipinski definition) is 1. The van der Waals surface area contributed by atoms with Crippen molar-refractivity contribution >= 4 is 81.0 Å². The van der Waals surface area contributed by atoms with Crippen molar-refractivity contribution in [1.29, 1.82) is 0 Å². The number of carbonyl (C=O) groups excluding carboxylic acids is 4. The van der Waals surface area contributed by atoms with Crippen LogP contribution in [0.4, 0.5) is 9.93 Å². The van der Waals surface area contributed by atoms with Crippen LogP contribution in [-0.2, 0) is 21.3 Å². The summed E-state index contributed by atoms with van der Waals surface area (Å²) in [5.74, 6) is 2.01. The Bertz CT molecular complexity index is 3420. The van der Waals surface area contributed by atoms with Crippen LogP contribution < -0.4 is 19.5 Å². The third kappa shape index (κ3) is 12.5. The van der Waals surface area contributed by atoms with E-state index in [4.69, 9.17) is 42.4 Å². The number of nitrogens with zero attached hydrogens (tertiary/aromatic N) is 7. The van der Waals surface area contributed by atoms with Gasteiger partial charge in [-0.15, -0.1) is 0 Å². The van der Waals surface area contributed by atoms with Crippen molar-refractivity contribution in [3.63, 3.8) is 0 Å². The van der Waals surface area contributed by atoms with Crippen molar-refractivity contribution < 1.29 is 33.4 Å². The van der Waals surface area contributed by atoms with Gasteiger partial charge < -0.3 is 28.9 Å². The Kier molecular flexibility index (Phi) is 18.1. The van der Waals surface area contributed by atoms with Crippen LogP contribution in [0.3, 0.4) is 0 Å². The largest absolute Gasteiger partial charge is 0.496 e. The fourth-order valence-electron chi connectivity index (χ4n) is 12.0. The van der Waals surface area contributed by atoms with Crippen LogP contribution in [0, 0.1) is 6.92 Å². The van der Waals surface area contributed by atoms with Gasteiger partial charge in [0, 0.05) is 85.8 Å². The van der Waals surface area contributed by atoms with Crippen LogP contribution in [-0.4, -0.2) is 137 Å². The summed E-state index contributed by atoms with van der Waals surface area (Å²) in [5, 5.41) is 4.62. The van der Waals surface area contributed by atoms with Crippen LogP contribution in [0.5, 0.6) is 17.2 Å². The smallest absolute Gasteiger partial charge is 0.326 e. The standard InChI is InChI=1S/C65H74Cl2N8O7S2/c1-10-81-55-38-46(63(4,5)6)17-28-52(55)58-70-64(7,44-13-18-47(66)19-14-44)65(8,45-15-20-48(67)21-16-45)75(58)62(79)74-35-31-72(32-36-74)49-22-26-51(27-23-49)82-50-24-11-43(12-25-50)59(77)69-61-68-40-57(84-61)83-56-39-53(54(80-9)37-41(56)2)60(78)73-33-29-71(30-34-73)42(3)76/h11-21,24-25,28,37-40,49,51H,10,22-23,26-27,29-36H2,1-9H3,(H,68,69,77)/t49?,51?,64-,65+/m0/s1. The molecule has 4 heterocycles. The highest BCUT2D eigenvalue weighted by Gasteiger charge is 2.60. The van der Waals surface area contributed by atoms with E-state index in [0.29, 0.717) is 101 Å². The Hall–Kier alpha value is -6.63. The molecule has 15 nitrogen and oxygen atoms in total. The molecule has 5 aromatic carbocycles. The number of hydrogen-bond acceptors (Lipinski definition) is 12. The molecule has 4 aliphatic rings. The van der Waals surface area contributed by atoms with E-state index < -0.39 is 11.1 Å². The van der Waals surface area contributed by atoms with Gasteiger partial charge in [-0.2, -0.15) is 0 Å². The normalized spacial score (nSPS) is 21.2. The van der Waals surface area contributed by atoms with Gasteiger partial charge in [0.1, 0.15) is 34.2 Å². The van der Waals surface area contributed by atoms with Crippen molar-refractivity contribution in [2.75, 3.05) is 71.4 Å². The zero-order valence-electron chi connectivity index (χ0n) is 49.3. The van der Waals surface area contributed by atoms with Crippen molar-refractivity contribution in [3.05, 3.63) is 158 Å². The molecule has 3 aliphatic heterocycles. The van der Waals surface area contributed by atoms with E-state index >= 15 is 4.79 Å². The molecule has 0 radical (unpaired) electrons. The molecular formula is C65H74Cl2N8O7S2. The summed E-state index contributed by atoms with van der Waals surface area (Å²) in [5.41, 5.74) is 3.42. The third-order valence-corrected chi connectivity index (χ3v) is 19.8. The zero-order valence-corrected chi connectivity index (χ0v) is 52.4. The number of amidine groups is 1. The number of piperazine rings is 2. The number of halogens is 2. The van der Waals surface area contributed by atoms with Gasteiger partial charge in [-0.05, 0) is 154 Å².